The van der Waals surface area contributed by atoms with Gasteiger partial charge in [0.2, 0.25) is 0 Å². The van der Waals surface area contributed by atoms with Gasteiger partial charge in [0, 0.05) is 5.56 Å². The Kier molecular flexibility index (Phi) is 4.89. The molecule has 2 aromatic rings. The summed E-state index contributed by atoms with van der Waals surface area (Å²) in [7, 11) is 0. The molecule has 4 rings (SSSR count). The molecule has 3 nitrogen and oxygen atoms in total. The maximum absolute atomic E-state index is 6.41. The van der Waals surface area contributed by atoms with E-state index in [4.69, 9.17) is 14.2 Å². The van der Waals surface area contributed by atoms with Crippen molar-refractivity contribution in [3.63, 3.8) is 0 Å². The summed E-state index contributed by atoms with van der Waals surface area (Å²) in [4.78, 5) is 0. The van der Waals surface area contributed by atoms with E-state index in [1.54, 1.807) is 0 Å². The Morgan fingerprint density at radius 2 is 1.52 bits per heavy atom. The highest BCUT2D eigenvalue weighted by molar-refractivity contribution is 5.18. The van der Waals surface area contributed by atoms with Crippen LogP contribution in [0.5, 0.6) is 0 Å². The Balaban J connectivity index is 1.46. The topological polar surface area (TPSA) is 27.7 Å². The van der Waals surface area contributed by atoms with Crippen molar-refractivity contribution >= 4 is 0 Å². The van der Waals surface area contributed by atoms with Crippen molar-refractivity contribution in [1.82, 2.24) is 0 Å². The Bertz CT molecular complexity index is 670. The first-order valence-corrected chi connectivity index (χ1v) is 9.24. The lowest BCUT2D eigenvalue weighted by Gasteiger charge is -2.48. The van der Waals surface area contributed by atoms with Gasteiger partial charge in [-0.3, -0.25) is 0 Å². The molecule has 2 aliphatic rings. The fraction of sp³-hybridized carbons (Fsp3) is 0.455. The van der Waals surface area contributed by atoms with Gasteiger partial charge in [0.05, 0.1) is 18.8 Å². The van der Waals surface area contributed by atoms with Gasteiger partial charge in [0.25, 0.3) is 0 Å². The second kappa shape index (κ2) is 7.28. The zero-order chi connectivity index (χ0) is 17.2. The highest BCUT2D eigenvalue weighted by Crippen LogP contribution is 2.39. The number of fused-ring (bicyclic) bond motifs is 1. The molecule has 2 aromatic carbocycles. The molecule has 0 spiro atoms. The maximum atomic E-state index is 6.41. The Hall–Kier alpha value is -1.68. The van der Waals surface area contributed by atoms with Crippen molar-refractivity contribution in [3.8, 4) is 0 Å². The molecule has 2 saturated heterocycles. The van der Waals surface area contributed by atoms with Gasteiger partial charge in [-0.25, -0.2) is 0 Å². The molecule has 3 heteroatoms. The van der Waals surface area contributed by atoms with Crippen LogP contribution in [0.1, 0.15) is 31.3 Å². The molecule has 2 fully saturated rings. The number of ether oxygens (including phenoxy) is 3. The molecule has 0 saturated carbocycles. The van der Waals surface area contributed by atoms with Crippen molar-refractivity contribution in [2.45, 2.75) is 44.9 Å². The summed E-state index contributed by atoms with van der Waals surface area (Å²) >= 11 is 0. The van der Waals surface area contributed by atoms with Gasteiger partial charge in [-0.2, -0.15) is 0 Å². The maximum Gasteiger partial charge on any atom is 0.184 e. The van der Waals surface area contributed by atoms with E-state index in [1.807, 2.05) is 18.2 Å². The lowest BCUT2D eigenvalue weighted by atomic mass is 9.79. The smallest absolute Gasteiger partial charge is 0.184 e. The van der Waals surface area contributed by atoms with Crippen LogP contribution in [0, 0.1) is 11.8 Å². The number of hydrogen-bond donors (Lipinski definition) is 0. The van der Waals surface area contributed by atoms with E-state index in [1.165, 1.54) is 5.56 Å². The summed E-state index contributed by atoms with van der Waals surface area (Å²) in [5.74, 6) is 0.874. The molecule has 25 heavy (non-hydrogen) atoms. The van der Waals surface area contributed by atoms with Crippen LogP contribution >= 0.6 is 0 Å². The van der Waals surface area contributed by atoms with E-state index in [0.29, 0.717) is 18.4 Å². The average Bonchev–Trinajstić information content (AvgIpc) is 2.67. The van der Waals surface area contributed by atoms with Crippen molar-refractivity contribution in [1.29, 1.82) is 0 Å². The van der Waals surface area contributed by atoms with Gasteiger partial charge >= 0.3 is 0 Å². The summed E-state index contributed by atoms with van der Waals surface area (Å²) in [5, 5.41) is 0. The Morgan fingerprint density at radius 1 is 0.840 bits per heavy atom. The molecular formula is C22H26O3. The second-order valence-corrected chi connectivity index (χ2v) is 7.30. The third-order valence-electron chi connectivity index (χ3n) is 5.69. The van der Waals surface area contributed by atoms with E-state index in [0.717, 1.165) is 12.0 Å². The lowest BCUT2D eigenvalue weighted by molar-refractivity contribution is -0.309. The number of benzene rings is 2. The molecule has 0 radical (unpaired) electrons. The van der Waals surface area contributed by atoms with Crippen LogP contribution in [-0.2, 0) is 20.6 Å². The van der Waals surface area contributed by atoms with Crippen LogP contribution in [-0.4, -0.2) is 24.9 Å². The molecule has 2 aliphatic heterocycles. The van der Waals surface area contributed by atoms with E-state index >= 15 is 0 Å². The second-order valence-electron chi connectivity index (χ2n) is 7.30. The molecule has 0 aliphatic carbocycles. The van der Waals surface area contributed by atoms with E-state index in [2.05, 4.69) is 56.3 Å². The van der Waals surface area contributed by atoms with Crippen LogP contribution in [0.3, 0.4) is 0 Å². The predicted molar refractivity (Wildman–Crippen MR) is 97.1 cm³/mol. The van der Waals surface area contributed by atoms with Crippen molar-refractivity contribution in [2.24, 2.45) is 11.8 Å². The van der Waals surface area contributed by atoms with Crippen LogP contribution < -0.4 is 0 Å². The first-order valence-electron chi connectivity index (χ1n) is 9.24. The molecule has 2 heterocycles. The van der Waals surface area contributed by atoms with Gasteiger partial charge in [0.15, 0.2) is 6.29 Å². The number of hydrogen-bond acceptors (Lipinski definition) is 3. The molecule has 6 unspecified atom stereocenters. The van der Waals surface area contributed by atoms with E-state index < -0.39 is 0 Å². The third-order valence-corrected chi connectivity index (χ3v) is 5.69. The monoisotopic (exact) mass is 338 g/mol. The fourth-order valence-corrected chi connectivity index (χ4v) is 3.98. The van der Waals surface area contributed by atoms with Gasteiger partial charge in [-0.15, -0.1) is 0 Å². The van der Waals surface area contributed by atoms with Crippen molar-refractivity contribution in [2.75, 3.05) is 6.61 Å². The average molecular weight is 338 g/mol. The third kappa shape index (κ3) is 3.50. The summed E-state index contributed by atoms with van der Waals surface area (Å²) in [6.45, 7) is 5.16. The normalized spacial score (nSPS) is 35.1. The summed E-state index contributed by atoms with van der Waals surface area (Å²) in [6.07, 6.45) is 0.962. The van der Waals surface area contributed by atoms with Crippen LogP contribution in [0.25, 0.3) is 0 Å². The van der Waals surface area contributed by atoms with Crippen LogP contribution in [0.2, 0.25) is 0 Å². The highest BCUT2D eigenvalue weighted by atomic mass is 16.7. The van der Waals surface area contributed by atoms with Gasteiger partial charge in [0.1, 0.15) is 6.10 Å². The first-order chi connectivity index (χ1) is 12.2. The standard InChI is InChI=1S/C22H26O3/c1-15-16(2)21-20(24-19(15)13-17-9-5-3-6-10-17)14-23-22(25-21)18-11-7-4-8-12-18/h3-12,15-16,19-22H,13-14H2,1-2H3. The number of rotatable bonds is 3. The zero-order valence-corrected chi connectivity index (χ0v) is 14.9. The minimum atomic E-state index is -0.286. The molecule has 132 valence electrons. The first kappa shape index (κ1) is 16.8. The molecule has 0 N–H and O–H groups in total. The van der Waals surface area contributed by atoms with E-state index in [9.17, 15) is 0 Å². The predicted octanol–water partition coefficient (Wildman–Crippen LogP) is 4.38. The summed E-state index contributed by atoms with van der Waals surface area (Å²) in [5.41, 5.74) is 2.40. The molecule has 6 atom stereocenters. The highest BCUT2D eigenvalue weighted by Gasteiger charge is 2.45. The van der Waals surface area contributed by atoms with Gasteiger partial charge < -0.3 is 14.2 Å². The molecule has 0 amide bonds. The SMILES string of the molecule is CC1C(Cc2ccccc2)OC2COC(c3ccccc3)OC2C1C. The largest absolute Gasteiger partial charge is 0.369 e. The van der Waals surface area contributed by atoms with Crippen molar-refractivity contribution in [3.05, 3.63) is 71.8 Å². The van der Waals surface area contributed by atoms with Crippen LogP contribution in [0.4, 0.5) is 0 Å². The van der Waals surface area contributed by atoms with E-state index in [-0.39, 0.29) is 24.6 Å². The zero-order valence-electron chi connectivity index (χ0n) is 14.9. The molecular weight excluding hydrogens is 312 g/mol. The summed E-state index contributed by atoms with van der Waals surface area (Å²) < 4.78 is 18.7. The fourth-order valence-electron chi connectivity index (χ4n) is 3.98. The Labute approximate surface area is 149 Å². The Morgan fingerprint density at radius 3 is 2.24 bits per heavy atom. The summed E-state index contributed by atoms with van der Waals surface area (Å²) in [6, 6.07) is 20.7. The minimum absolute atomic E-state index is 0.0138. The quantitative estimate of drug-likeness (QED) is 0.831. The van der Waals surface area contributed by atoms with Crippen molar-refractivity contribution < 1.29 is 14.2 Å². The van der Waals surface area contributed by atoms with Crippen LogP contribution in [0.15, 0.2) is 60.7 Å². The molecule has 0 bridgehead atoms. The van der Waals surface area contributed by atoms with Gasteiger partial charge in [-0.05, 0) is 23.8 Å². The molecule has 0 aromatic heterocycles. The van der Waals surface area contributed by atoms with Gasteiger partial charge in [-0.1, -0.05) is 74.5 Å². The lowest BCUT2D eigenvalue weighted by Crippen LogP contribution is -2.55. The minimum Gasteiger partial charge on any atom is -0.369 e.